The van der Waals surface area contributed by atoms with Crippen molar-refractivity contribution in [2.24, 2.45) is 17.3 Å². The van der Waals surface area contributed by atoms with Gasteiger partial charge in [0, 0.05) is 30.0 Å². The molecule has 0 spiro atoms. The molecule has 6 heteroatoms. The van der Waals surface area contributed by atoms with Crippen LogP contribution in [0.15, 0.2) is 48.5 Å². The third kappa shape index (κ3) is 6.22. The van der Waals surface area contributed by atoms with Crippen LogP contribution in [0.4, 0.5) is 0 Å². The molecule has 1 aliphatic heterocycles. The maximum Gasteiger partial charge on any atom is 0.326 e. The summed E-state index contributed by atoms with van der Waals surface area (Å²) < 4.78 is 5.73. The summed E-state index contributed by atoms with van der Waals surface area (Å²) in [4.78, 5) is 29.1. The highest BCUT2D eigenvalue weighted by Crippen LogP contribution is 2.49. The van der Waals surface area contributed by atoms with Gasteiger partial charge in [-0.15, -0.1) is 0 Å². The molecule has 1 heterocycles. The summed E-state index contributed by atoms with van der Waals surface area (Å²) in [6.45, 7) is 13.4. The lowest BCUT2D eigenvalue weighted by molar-refractivity contribution is -0.154. The molecular weight excluding hydrogens is 500 g/mol. The fourth-order valence-electron chi connectivity index (χ4n) is 6.90. The molecule has 0 unspecified atom stereocenters. The topological polar surface area (TPSA) is 78.9 Å². The fraction of sp³-hybridized carbons (Fsp3) is 0.588. The fourth-order valence-corrected chi connectivity index (χ4v) is 6.90. The van der Waals surface area contributed by atoms with Gasteiger partial charge in [0.25, 0.3) is 0 Å². The number of methoxy groups -OCH3 is 1. The number of benzene rings is 2. The van der Waals surface area contributed by atoms with Gasteiger partial charge in [0.2, 0.25) is 5.91 Å². The highest BCUT2D eigenvalue weighted by atomic mass is 16.5. The average Bonchev–Trinajstić information content (AvgIpc) is 3.28. The first-order valence-electron chi connectivity index (χ1n) is 14.8. The molecule has 40 heavy (non-hydrogen) atoms. The largest absolute Gasteiger partial charge is 0.496 e. The van der Waals surface area contributed by atoms with E-state index in [1.807, 2.05) is 36.4 Å². The van der Waals surface area contributed by atoms with Crippen LogP contribution in [0.3, 0.4) is 0 Å². The lowest BCUT2D eigenvalue weighted by Gasteiger charge is -2.36. The standard InChI is InChI=1S/C34H48N2O4/c1-33(2,3)25-18-19-26(40-7)24(20-25)21-35-28-27(34(4,5)6)30(32(38)39)36(29(28)22-14-10-8-11-15-22)31(37)23-16-12-9-13-17-23/h8,10-11,14-15,18-20,23,27-30,35H,9,12-13,16-17,21H2,1-7H3,(H,38,39)/t27-,28-,29-,30-/m1/s1. The van der Waals surface area contributed by atoms with E-state index < -0.39 is 18.1 Å². The molecule has 2 aromatic carbocycles. The van der Waals surface area contributed by atoms with Gasteiger partial charge in [-0.2, -0.15) is 0 Å². The second-order valence-corrected chi connectivity index (χ2v) is 13.8. The lowest BCUT2D eigenvalue weighted by atomic mass is 9.72. The van der Waals surface area contributed by atoms with Crippen molar-refractivity contribution >= 4 is 11.9 Å². The third-order valence-corrected chi connectivity index (χ3v) is 8.94. The number of hydrogen-bond donors (Lipinski definition) is 2. The minimum absolute atomic E-state index is 0.00758. The number of hydrogen-bond acceptors (Lipinski definition) is 4. The Kier molecular flexibility index (Phi) is 8.99. The Morgan fingerprint density at radius 2 is 1.62 bits per heavy atom. The lowest BCUT2D eigenvalue weighted by Crippen LogP contribution is -2.49. The van der Waals surface area contributed by atoms with Crippen LogP contribution in [0.2, 0.25) is 0 Å². The first kappa shape index (κ1) is 30.1. The quantitative estimate of drug-likeness (QED) is 0.401. The highest BCUT2D eigenvalue weighted by Gasteiger charge is 2.58. The summed E-state index contributed by atoms with van der Waals surface area (Å²) in [6.07, 6.45) is 4.84. The summed E-state index contributed by atoms with van der Waals surface area (Å²) in [6, 6.07) is 14.7. The SMILES string of the molecule is COc1ccc(C(C)(C)C)cc1CN[C@@H]1[C@@H](C(C)(C)C)[C@H](C(=O)O)N(C(=O)C2CCCCC2)[C@@H]1c1ccccc1. The molecule has 2 aliphatic rings. The molecule has 0 aromatic heterocycles. The first-order valence-corrected chi connectivity index (χ1v) is 14.8. The Hall–Kier alpha value is -2.86. The van der Waals surface area contributed by atoms with Crippen molar-refractivity contribution < 1.29 is 19.4 Å². The number of carboxylic acids is 1. The van der Waals surface area contributed by atoms with Crippen molar-refractivity contribution in [3.63, 3.8) is 0 Å². The zero-order valence-electron chi connectivity index (χ0n) is 25.4. The maximum atomic E-state index is 14.3. The van der Waals surface area contributed by atoms with E-state index in [1.54, 1.807) is 12.0 Å². The van der Waals surface area contributed by atoms with E-state index >= 15 is 0 Å². The van der Waals surface area contributed by atoms with Crippen LogP contribution in [-0.2, 0) is 21.5 Å². The van der Waals surface area contributed by atoms with Crippen molar-refractivity contribution in [1.82, 2.24) is 10.2 Å². The molecule has 1 saturated carbocycles. The Balaban J connectivity index is 1.81. The van der Waals surface area contributed by atoms with E-state index in [1.165, 1.54) is 5.56 Å². The second kappa shape index (κ2) is 11.9. The average molecular weight is 549 g/mol. The summed E-state index contributed by atoms with van der Waals surface area (Å²) in [5, 5.41) is 14.5. The minimum Gasteiger partial charge on any atom is -0.496 e. The van der Waals surface area contributed by atoms with E-state index in [-0.39, 0.29) is 34.6 Å². The van der Waals surface area contributed by atoms with Crippen molar-refractivity contribution in [3.8, 4) is 5.75 Å². The van der Waals surface area contributed by atoms with Crippen LogP contribution in [-0.4, -0.2) is 41.1 Å². The van der Waals surface area contributed by atoms with Gasteiger partial charge in [-0.3, -0.25) is 4.79 Å². The highest BCUT2D eigenvalue weighted by molar-refractivity contribution is 5.87. The second-order valence-electron chi connectivity index (χ2n) is 13.8. The van der Waals surface area contributed by atoms with Crippen LogP contribution in [0, 0.1) is 17.3 Å². The number of carbonyl (C=O) groups excluding carboxylic acids is 1. The zero-order chi connectivity index (χ0) is 29.2. The number of rotatable bonds is 7. The van der Waals surface area contributed by atoms with Gasteiger partial charge >= 0.3 is 5.97 Å². The zero-order valence-corrected chi connectivity index (χ0v) is 25.4. The molecule has 1 saturated heterocycles. The van der Waals surface area contributed by atoms with E-state index in [9.17, 15) is 14.7 Å². The number of aliphatic carboxylic acids is 1. The van der Waals surface area contributed by atoms with E-state index in [2.05, 4.69) is 59.0 Å². The van der Waals surface area contributed by atoms with Gasteiger partial charge in [-0.25, -0.2) is 4.79 Å². The van der Waals surface area contributed by atoms with Crippen LogP contribution >= 0.6 is 0 Å². The normalized spacial score (nSPS) is 24.2. The number of nitrogens with zero attached hydrogens (tertiary/aromatic N) is 1. The summed E-state index contributed by atoms with van der Waals surface area (Å²) >= 11 is 0. The smallest absolute Gasteiger partial charge is 0.326 e. The van der Waals surface area contributed by atoms with Crippen LogP contribution in [0.25, 0.3) is 0 Å². The van der Waals surface area contributed by atoms with E-state index in [4.69, 9.17) is 4.74 Å². The van der Waals surface area contributed by atoms with Gasteiger partial charge in [-0.1, -0.05) is 103 Å². The van der Waals surface area contributed by atoms with Crippen molar-refractivity contribution in [2.75, 3.05) is 7.11 Å². The number of carboxylic acid groups (broad SMARTS) is 1. The van der Waals surface area contributed by atoms with Crippen LogP contribution in [0.5, 0.6) is 5.75 Å². The van der Waals surface area contributed by atoms with E-state index in [0.29, 0.717) is 6.54 Å². The van der Waals surface area contributed by atoms with Crippen LogP contribution < -0.4 is 10.1 Å². The molecule has 4 rings (SSSR count). The molecule has 2 aromatic rings. The van der Waals surface area contributed by atoms with E-state index in [0.717, 1.165) is 49.0 Å². The number of amides is 1. The number of nitrogens with one attached hydrogen (secondary N) is 1. The molecule has 0 bridgehead atoms. The van der Waals surface area contributed by atoms with Crippen LogP contribution in [0.1, 0.15) is 96.4 Å². The molecule has 2 N–H and O–H groups in total. The third-order valence-electron chi connectivity index (χ3n) is 8.94. The minimum atomic E-state index is -0.929. The van der Waals surface area contributed by atoms with Gasteiger partial charge < -0.3 is 20.1 Å². The number of carbonyl (C=O) groups is 2. The Labute approximate surface area is 240 Å². The van der Waals surface area contributed by atoms with Crippen molar-refractivity contribution in [2.45, 2.75) is 104 Å². The molecular formula is C34H48N2O4. The van der Waals surface area contributed by atoms with Gasteiger partial charge in [-0.05, 0) is 40.9 Å². The van der Waals surface area contributed by atoms with Crippen molar-refractivity contribution in [3.05, 3.63) is 65.2 Å². The van der Waals surface area contributed by atoms with Gasteiger partial charge in [0.15, 0.2) is 0 Å². The summed E-state index contributed by atoms with van der Waals surface area (Å²) in [5.41, 5.74) is 2.82. The Morgan fingerprint density at radius 3 is 2.17 bits per heavy atom. The molecule has 6 nitrogen and oxygen atoms in total. The monoisotopic (exact) mass is 548 g/mol. The predicted octanol–water partition coefficient (Wildman–Crippen LogP) is 6.73. The number of ether oxygens (including phenoxy) is 1. The molecule has 2 fully saturated rings. The molecule has 4 atom stereocenters. The van der Waals surface area contributed by atoms with Crippen molar-refractivity contribution in [1.29, 1.82) is 0 Å². The molecule has 218 valence electrons. The van der Waals surface area contributed by atoms with Gasteiger partial charge in [0.05, 0.1) is 13.2 Å². The first-order chi connectivity index (χ1) is 18.8. The predicted molar refractivity (Wildman–Crippen MR) is 159 cm³/mol. The van der Waals surface area contributed by atoms with Gasteiger partial charge in [0.1, 0.15) is 11.8 Å². The Morgan fingerprint density at radius 1 is 0.975 bits per heavy atom. The maximum absolute atomic E-state index is 14.3. The summed E-state index contributed by atoms with van der Waals surface area (Å²) in [5.74, 6) is -0.565. The summed E-state index contributed by atoms with van der Waals surface area (Å²) in [7, 11) is 1.68. The molecule has 1 amide bonds. The molecule has 0 radical (unpaired) electrons. The molecule has 1 aliphatic carbocycles. The Bertz CT molecular complexity index is 1170. The number of likely N-dealkylation sites (tertiary alicyclic amines) is 1.